The van der Waals surface area contributed by atoms with Gasteiger partial charge in [-0.15, -0.1) is 0 Å². The Balaban J connectivity index is 1.90. The van der Waals surface area contributed by atoms with Gasteiger partial charge in [-0.05, 0) is 57.5 Å². The van der Waals surface area contributed by atoms with E-state index in [1.807, 2.05) is 31.2 Å². The second-order valence-corrected chi connectivity index (χ2v) is 7.81. The molecule has 2 atom stereocenters. The van der Waals surface area contributed by atoms with Crippen LogP contribution in [0.2, 0.25) is 0 Å². The van der Waals surface area contributed by atoms with Crippen LogP contribution in [0.4, 0.5) is 10.5 Å². The SMILES string of the molecule is CCOC(=O)C(C)Oc1ccc(C2NC(=O)NC(C)=C2C(=O)Nc2ccc(C)cc2)cc1OC. The van der Waals surface area contributed by atoms with Crippen molar-refractivity contribution in [2.24, 2.45) is 0 Å². The minimum Gasteiger partial charge on any atom is -0.493 e. The number of hydrogen-bond donors (Lipinski definition) is 3. The van der Waals surface area contributed by atoms with Crippen molar-refractivity contribution in [1.29, 1.82) is 0 Å². The van der Waals surface area contributed by atoms with Crippen LogP contribution in [0.3, 0.4) is 0 Å². The summed E-state index contributed by atoms with van der Waals surface area (Å²) in [5.41, 5.74) is 3.12. The quantitative estimate of drug-likeness (QED) is 0.511. The summed E-state index contributed by atoms with van der Waals surface area (Å²) in [5.74, 6) is -0.169. The van der Waals surface area contributed by atoms with Crippen molar-refractivity contribution in [2.75, 3.05) is 19.0 Å². The molecule has 0 bridgehead atoms. The van der Waals surface area contributed by atoms with E-state index in [-0.39, 0.29) is 12.5 Å². The van der Waals surface area contributed by atoms with Crippen LogP contribution in [0.5, 0.6) is 11.5 Å². The van der Waals surface area contributed by atoms with E-state index >= 15 is 0 Å². The van der Waals surface area contributed by atoms with Gasteiger partial charge in [0.05, 0.1) is 25.3 Å². The zero-order chi connectivity index (χ0) is 24.8. The molecule has 0 fully saturated rings. The van der Waals surface area contributed by atoms with Crippen molar-refractivity contribution >= 4 is 23.6 Å². The Labute approximate surface area is 198 Å². The molecule has 2 aromatic carbocycles. The van der Waals surface area contributed by atoms with Gasteiger partial charge in [-0.25, -0.2) is 9.59 Å². The first-order valence-corrected chi connectivity index (χ1v) is 10.9. The first-order valence-electron chi connectivity index (χ1n) is 10.9. The molecule has 0 saturated carbocycles. The molecule has 2 aromatic rings. The monoisotopic (exact) mass is 467 g/mol. The average molecular weight is 468 g/mol. The van der Waals surface area contributed by atoms with Crippen molar-refractivity contribution < 1.29 is 28.6 Å². The summed E-state index contributed by atoms with van der Waals surface area (Å²) < 4.78 is 16.1. The number of esters is 1. The first-order chi connectivity index (χ1) is 16.2. The number of allylic oxidation sites excluding steroid dienone is 1. The number of urea groups is 1. The maximum absolute atomic E-state index is 13.2. The van der Waals surface area contributed by atoms with Crippen LogP contribution >= 0.6 is 0 Å². The molecule has 3 N–H and O–H groups in total. The van der Waals surface area contributed by atoms with Crippen LogP contribution in [-0.4, -0.2) is 37.7 Å². The van der Waals surface area contributed by atoms with Crippen molar-refractivity contribution in [3.8, 4) is 11.5 Å². The molecule has 9 nitrogen and oxygen atoms in total. The van der Waals surface area contributed by atoms with E-state index in [4.69, 9.17) is 14.2 Å². The largest absolute Gasteiger partial charge is 0.493 e. The van der Waals surface area contributed by atoms with Crippen molar-refractivity contribution in [3.63, 3.8) is 0 Å². The van der Waals surface area contributed by atoms with Crippen molar-refractivity contribution in [2.45, 2.75) is 39.8 Å². The highest BCUT2D eigenvalue weighted by molar-refractivity contribution is 6.06. The van der Waals surface area contributed by atoms with Gasteiger partial charge in [0, 0.05) is 11.4 Å². The number of benzene rings is 2. The van der Waals surface area contributed by atoms with E-state index in [0.29, 0.717) is 34.0 Å². The number of ether oxygens (including phenoxy) is 3. The lowest BCUT2D eigenvalue weighted by atomic mass is 9.94. The molecule has 0 radical (unpaired) electrons. The van der Waals surface area contributed by atoms with Crippen LogP contribution < -0.4 is 25.4 Å². The normalized spacial score (nSPS) is 16.1. The Morgan fingerprint density at radius 2 is 1.79 bits per heavy atom. The Morgan fingerprint density at radius 3 is 2.44 bits per heavy atom. The molecule has 3 rings (SSSR count). The summed E-state index contributed by atoms with van der Waals surface area (Å²) in [6.07, 6.45) is -0.837. The molecule has 0 spiro atoms. The number of hydrogen-bond acceptors (Lipinski definition) is 6. The predicted molar refractivity (Wildman–Crippen MR) is 127 cm³/mol. The lowest BCUT2D eigenvalue weighted by molar-refractivity contribution is -0.150. The Bertz CT molecular complexity index is 1110. The third kappa shape index (κ3) is 5.67. The molecule has 0 aliphatic carbocycles. The summed E-state index contributed by atoms with van der Waals surface area (Å²) in [7, 11) is 1.47. The molecule has 3 amide bonds. The number of nitrogens with one attached hydrogen (secondary N) is 3. The number of carbonyl (C=O) groups excluding carboxylic acids is 3. The number of amides is 3. The maximum Gasteiger partial charge on any atom is 0.347 e. The number of aryl methyl sites for hydroxylation is 1. The third-order valence-electron chi connectivity index (χ3n) is 5.27. The Kier molecular flexibility index (Phi) is 7.78. The van der Waals surface area contributed by atoms with E-state index in [9.17, 15) is 14.4 Å². The van der Waals surface area contributed by atoms with Crippen LogP contribution in [0.1, 0.15) is 37.9 Å². The third-order valence-corrected chi connectivity index (χ3v) is 5.27. The van der Waals surface area contributed by atoms with Gasteiger partial charge >= 0.3 is 12.0 Å². The zero-order valence-corrected chi connectivity index (χ0v) is 19.9. The molecule has 2 unspecified atom stereocenters. The molecule has 9 heteroatoms. The van der Waals surface area contributed by atoms with Crippen molar-refractivity contribution in [3.05, 3.63) is 64.9 Å². The minimum atomic E-state index is -0.837. The summed E-state index contributed by atoms with van der Waals surface area (Å²) in [4.78, 5) is 37.3. The topological polar surface area (TPSA) is 115 Å². The van der Waals surface area contributed by atoms with E-state index in [1.54, 1.807) is 39.0 Å². The summed E-state index contributed by atoms with van der Waals surface area (Å²) in [6.45, 7) is 7.18. The second-order valence-electron chi connectivity index (χ2n) is 7.81. The van der Waals surface area contributed by atoms with Crippen molar-refractivity contribution in [1.82, 2.24) is 10.6 Å². The molecule has 0 saturated heterocycles. The maximum atomic E-state index is 13.2. The predicted octanol–water partition coefficient (Wildman–Crippen LogP) is 3.60. The van der Waals surface area contributed by atoms with Gasteiger partial charge in [-0.1, -0.05) is 23.8 Å². The zero-order valence-electron chi connectivity index (χ0n) is 19.9. The highest BCUT2D eigenvalue weighted by Gasteiger charge is 2.32. The summed E-state index contributed by atoms with van der Waals surface area (Å²) in [5, 5.41) is 8.33. The molecular formula is C25H29N3O6. The molecule has 1 aliphatic rings. The second kappa shape index (κ2) is 10.7. The van der Waals surface area contributed by atoms with Crippen LogP contribution in [0.15, 0.2) is 53.7 Å². The smallest absolute Gasteiger partial charge is 0.347 e. The van der Waals surface area contributed by atoms with Gasteiger partial charge in [-0.2, -0.15) is 0 Å². The lowest BCUT2D eigenvalue weighted by Crippen LogP contribution is -2.46. The van der Waals surface area contributed by atoms with E-state index in [0.717, 1.165) is 5.56 Å². The molecular weight excluding hydrogens is 438 g/mol. The Hall–Kier alpha value is -4.01. The highest BCUT2D eigenvalue weighted by atomic mass is 16.6. The molecule has 34 heavy (non-hydrogen) atoms. The van der Waals surface area contributed by atoms with Gasteiger partial charge in [0.1, 0.15) is 0 Å². The van der Waals surface area contributed by atoms with Crippen LogP contribution in [-0.2, 0) is 14.3 Å². The number of anilines is 1. The Morgan fingerprint density at radius 1 is 1.09 bits per heavy atom. The number of carbonyl (C=O) groups is 3. The fourth-order valence-corrected chi connectivity index (χ4v) is 3.54. The fraction of sp³-hybridized carbons (Fsp3) is 0.320. The van der Waals surface area contributed by atoms with Gasteiger partial charge in [0.25, 0.3) is 5.91 Å². The molecule has 0 aromatic heterocycles. The first kappa shape index (κ1) is 24.6. The van der Waals surface area contributed by atoms with Gasteiger partial charge in [-0.3, -0.25) is 4.79 Å². The number of rotatable bonds is 8. The van der Waals surface area contributed by atoms with Gasteiger partial charge in [0.2, 0.25) is 0 Å². The molecule has 1 heterocycles. The van der Waals surface area contributed by atoms with Crippen LogP contribution in [0, 0.1) is 6.92 Å². The summed E-state index contributed by atoms with van der Waals surface area (Å²) >= 11 is 0. The molecule has 180 valence electrons. The summed E-state index contributed by atoms with van der Waals surface area (Å²) in [6, 6.07) is 11.3. The highest BCUT2D eigenvalue weighted by Crippen LogP contribution is 2.35. The average Bonchev–Trinajstić information content (AvgIpc) is 2.80. The van der Waals surface area contributed by atoms with Gasteiger partial charge < -0.3 is 30.2 Å². The number of methoxy groups -OCH3 is 1. The molecule has 1 aliphatic heterocycles. The lowest BCUT2D eigenvalue weighted by Gasteiger charge is -2.29. The fourth-order valence-electron chi connectivity index (χ4n) is 3.54. The van der Waals surface area contributed by atoms with E-state index < -0.39 is 24.1 Å². The minimum absolute atomic E-state index is 0.247. The van der Waals surface area contributed by atoms with E-state index in [2.05, 4.69) is 16.0 Å². The van der Waals surface area contributed by atoms with Crippen LogP contribution in [0.25, 0.3) is 0 Å². The van der Waals surface area contributed by atoms with Gasteiger partial charge in [0.15, 0.2) is 17.6 Å². The standard InChI is InChI=1S/C25H29N3O6/c1-6-33-24(30)16(4)34-19-12-9-17(13-20(19)32-5)22-21(15(3)26-25(31)28-22)23(29)27-18-10-7-14(2)8-11-18/h7-13,16,22H,6H2,1-5H3,(H,27,29)(H2,26,28,31). The van der Waals surface area contributed by atoms with E-state index in [1.165, 1.54) is 7.11 Å².